The average molecular weight is 685 g/mol. The summed E-state index contributed by atoms with van der Waals surface area (Å²) >= 11 is 0. The van der Waals surface area contributed by atoms with Gasteiger partial charge in [0.25, 0.3) is 0 Å². The van der Waals surface area contributed by atoms with E-state index in [1.807, 2.05) is 51.1 Å². The number of aromatic amines is 1. The molecule has 0 fully saturated rings. The lowest BCUT2D eigenvalue weighted by molar-refractivity contribution is -0.149. The smallest absolute Gasteiger partial charge is 0.408 e. The maximum Gasteiger partial charge on any atom is 0.408 e. The minimum Gasteiger partial charge on any atom is -0.444 e. The minimum absolute atomic E-state index is 0.00251. The van der Waals surface area contributed by atoms with Crippen LogP contribution in [-0.2, 0) is 32.0 Å². The quantitative estimate of drug-likeness (QED) is 0.137. The van der Waals surface area contributed by atoms with Gasteiger partial charge in [0.2, 0.25) is 17.7 Å². The molecule has 2 aromatic rings. The third kappa shape index (κ3) is 14.6. The molecular weight excluding hydrogens is 624 g/mol. The molecule has 12 heteroatoms. The Balaban J connectivity index is 2.67. The second-order valence-electron chi connectivity index (χ2n) is 14.2. The predicted molar refractivity (Wildman–Crippen MR) is 190 cm³/mol. The first-order chi connectivity index (χ1) is 23.2. The van der Waals surface area contributed by atoms with Crippen molar-refractivity contribution in [2.45, 2.75) is 136 Å². The van der Waals surface area contributed by atoms with Crippen LogP contribution in [0.3, 0.4) is 0 Å². The number of unbranched alkanes of at least 4 members (excludes halogenated alkanes) is 3. The van der Waals surface area contributed by atoms with Crippen LogP contribution >= 0.6 is 0 Å². The van der Waals surface area contributed by atoms with Gasteiger partial charge in [0.1, 0.15) is 17.7 Å². The second kappa shape index (κ2) is 20.6. The molecule has 274 valence electrons. The first-order valence-electron chi connectivity index (χ1n) is 17.7. The zero-order chi connectivity index (χ0) is 36.6. The number of carbonyl (C=O) groups excluding carboxylic acids is 4. The molecule has 49 heavy (non-hydrogen) atoms. The number of carbonyl (C=O) groups is 4. The van der Waals surface area contributed by atoms with Crippen molar-refractivity contribution in [1.29, 1.82) is 0 Å². The number of nitrogens with one attached hydrogen (secondary N) is 2. The van der Waals surface area contributed by atoms with E-state index in [0.29, 0.717) is 25.1 Å². The second-order valence-corrected chi connectivity index (χ2v) is 14.2. The minimum atomic E-state index is -1.22. The third-order valence-corrected chi connectivity index (χ3v) is 8.21. The molecule has 0 spiro atoms. The van der Waals surface area contributed by atoms with Crippen LogP contribution in [0, 0.1) is 5.92 Å². The lowest BCUT2D eigenvalue weighted by Gasteiger charge is -2.42. The standard InChI is InChI=1S/C37H60N6O6/c1-8-10-15-19-42(33(45)18-11-9-2)24-32(44)30(20-26(3)4)43(31(34(38)46)22-28-23-39-25-40-28)35(47)29(21-27-16-13-12-14-17-27)41-36(48)49-37(5,6)7/h12-14,16-17,23,25-26,29-32,44H,8-11,15,18-22,24H2,1-7H3,(H2,38,46)(H,39,40)(H,41,48)/t29-,30?,31-,32-/m0/s1. The van der Waals surface area contributed by atoms with Crippen LogP contribution in [-0.4, -0.2) is 91.6 Å². The zero-order valence-electron chi connectivity index (χ0n) is 30.6. The van der Waals surface area contributed by atoms with Gasteiger partial charge >= 0.3 is 6.09 Å². The number of H-pyrrole nitrogens is 1. The van der Waals surface area contributed by atoms with Gasteiger partial charge in [0.15, 0.2) is 0 Å². The maximum absolute atomic E-state index is 15.0. The summed E-state index contributed by atoms with van der Waals surface area (Å²) in [4.78, 5) is 64.9. The van der Waals surface area contributed by atoms with E-state index in [4.69, 9.17) is 10.5 Å². The molecule has 1 heterocycles. The van der Waals surface area contributed by atoms with Crippen LogP contribution in [0.2, 0.25) is 0 Å². The summed E-state index contributed by atoms with van der Waals surface area (Å²) in [5.41, 5.74) is 6.56. The van der Waals surface area contributed by atoms with Gasteiger partial charge in [-0.15, -0.1) is 0 Å². The molecule has 0 radical (unpaired) electrons. The van der Waals surface area contributed by atoms with Crippen molar-refractivity contribution >= 4 is 23.8 Å². The van der Waals surface area contributed by atoms with Gasteiger partial charge in [0, 0.05) is 44.2 Å². The Morgan fingerprint density at radius 3 is 2.24 bits per heavy atom. The number of aliphatic hydroxyl groups is 1. The highest BCUT2D eigenvalue weighted by Crippen LogP contribution is 2.24. The molecule has 5 N–H and O–H groups in total. The highest BCUT2D eigenvalue weighted by atomic mass is 16.6. The Morgan fingerprint density at radius 2 is 1.69 bits per heavy atom. The molecule has 4 amide bonds. The van der Waals surface area contributed by atoms with Crippen molar-refractivity contribution in [2.75, 3.05) is 13.1 Å². The summed E-state index contributed by atoms with van der Waals surface area (Å²) in [5.74, 6) is -1.46. The number of aliphatic hydroxyl groups excluding tert-OH is 1. The Bertz CT molecular complexity index is 1280. The number of benzene rings is 1. The lowest BCUT2D eigenvalue weighted by Crippen LogP contribution is -2.63. The molecule has 0 aliphatic heterocycles. The fourth-order valence-electron chi connectivity index (χ4n) is 5.81. The van der Waals surface area contributed by atoms with Crippen LogP contribution in [0.15, 0.2) is 42.9 Å². The Hall–Kier alpha value is -3.93. The van der Waals surface area contributed by atoms with Crippen molar-refractivity contribution in [3.8, 4) is 0 Å². The molecule has 0 aliphatic rings. The van der Waals surface area contributed by atoms with Crippen LogP contribution < -0.4 is 11.1 Å². The Morgan fingerprint density at radius 1 is 1.02 bits per heavy atom. The summed E-state index contributed by atoms with van der Waals surface area (Å²) in [6.45, 7) is 13.7. The van der Waals surface area contributed by atoms with E-state index in [0.717, 1.165) is 37.7 Å². The number of hydrogen-bond donors (Lipinski definition) is 4. The first kappa shape index (κ1) is 41.2. The van der Waals surface area contributed by atoms with Crippen molar-refractivity contribution in [3.63, 3.8) is 0 Å². The van der Waals surface area contributed by atoms with Crippen molar-refractivity contribution in [3.05, 3.63) is 54.1 Å². The first-order valence-corrected chi connectivity index (χ1v) is 17.7. The molecule has 0 saturated carbocycles. The van der Waals surface area contributed by atoms with Crippen LogP contribution in [0.5, 0.6) is 0 Å². The molecule has 1 unspecified atom stereocenters. The Kier molecular flexibility index (Phi) is 17.3. The maximum atomic E-state index is 15.0. The molecule has 0 saturated heterocycles. The SMILES string of the molecule is CCCCCN(C[C@H](O)C(CC(C)C)N(C(=O)[C@H](Cc1ccccc1)NC(=O)OC(C)(C)C)[C@@H](Cc1cnc[nH]1)C(N)=O)C(=O)CCCC. The summed E-state index contributed by atoms with van der Waals surface area (Å²) in [6.07, 6.45) is 6.02. The van der Waals surface area contributed by atoms with Gasteiger partial charge in [0.05, 0.1) is 18.5 Å². The number of hydrogen-bond acceptors (Lipinski definition) is 7. The number of ether oxygens (including phenoxy) is 1. The lowest BCUT2D eigenvalue weighted by atomic mass is 9.92. The van der Waals surface area contributed by atoms with Crippen molar-refractivity contribution < 1.29 is 29.0 Å². The van der Waals surface area contributed by atoms with Crippen molar-refractivity contribution in [2.24, 2.45) is 11.7 Å². The number of imidazole rings is 1. The number of nitrogens with zero attached hydrogens (tertiary/aromatic N) is 3. The average Bonchev–Trinajstić information content (AvgIpc) is 3.54. The van der Waals surface area contributed by atoms with Gasteiger partial charge in [-0.05, 0) is 51.5 Å². The number of nitrogens with two attached hydrogens (primary N) is 1. The van der Waals surface area contributed by atoms with E-state index in [9.17, 15) is 24.3 Å². The van der Waals surface area contributed by atoms with Gasteiger partial charge in [-0.3, -0.25) is 14.4 Å². The van der Waals surface area contributed by atoms with E-state index >= 15 is 0 Å². The molecule has 2 rings (SSSR count). The number of amides is 4. The number of primary amides is 1. The Labute approximate surface area is 292 Å². The van der Waals surface area contributed by atoms with Crippen LogP contribution in [0.25, 0.3) is 0 Å². The predicted octanol–water partition coefficient (Wildman–Crippen LogP) is 4.76. The number of alkyl carbamates (subject to hydrolysis) is 1. The third-order valence-electron chi connectivity index (χ3n) is 8.21. The van der Waals surface area contributed by atoms with E-state index in [1.54, 1.807) is 31.9 Å². The summed E-state index contributed by atoms with van der Waals surface area (Å²) in [5, 5.41) is 14.8. The van der Waals surface area contributed by atoms with E-state index in [2.05, 4.69) is 22.2 Å². The van der Waals surface area contributed by atoms with Crippen molar-refractivity contribution in [1.82, 2.24) is 25.1 Å². The highest BCUT2D eigenvalue weighted by Gasteiger charge is 2.42. The van der Waals surface area contributed by atoms with Gasteiger partial charge in [-0.1, -0.05) is 77.3 Å². The molecule has 0 bridgehead atoms. The molecule has 1 aromatic carbocycles. The highest BCUT2D eigenvalue weighted by molar-refractivity contribution is 5.91. The number of aromatic nitrogens is 2. The van der Waals surface area contributed by atoms with E-state index in [1.165, 1.54) is 11.2 Å². The fourth-order valence-corrected chi connectivity index (χ4v) is 5.81. The summed E-state index contributed by atoms with van der Waals surface area (Å²) < 4.78 is 5.54. The molecule has 0 aliphatic carbocycles. The summed E-state index contributed by atoms with van der Waals surface area (Å²) in [6, 6.07) is 5.89. The number of rotatable bonds is 21. The molecule has 1 aromatic heterocycles. The van der Waals surface area contributed by atoms with E-state index < -0.39 is 47.7 Å². The fraction of sp³-hybridized carbons (Fsp3) is 0.649. The molecular formula is C37H60N6O6. The van der Waals surface area contributed by atoms with Crippen LogP contribution in [0.1, 0.15) is 105 Å². The monoisotopic (exact) mass is 684 g/mol. The van der Waals surface area contributed by atoms with Gasteiger partial charge < -0.3 is 35.7 Å². The largest absolute Gasteiger partial charge is 0.444 e. The van der Waals surface area contributed by atoms with Crippen LogP contribution in [0.4, 0.5) is 4.79 Å². The molecule has 4 atom stereocenters. The zero-order valence-corrected chi connectivity index (χ0v) is 30.6. The normalized spacial score (nSPS) is 14.1. The van der Waals surface area contributed by atoms with Gasteiger partial charge in [-0.25, -0.2) is 9.78 Å². The van der Waals surface area contributed by atoms with E-state index in [-0.39, 0.29) is 31.2 Å². The van der Waals surface area contributed by atoms with Gasteiger partial charge in [-0.2, -0.15) is 0 Å². The molecule has 12 nitrogen and oxygen atoms in total. The topological polar surface area (TPSA) is 171 Å². The summed E-state index contributed by atoms with van der Waals surface area (Å²) in [7, 11) is 0.